The van der Waals surface area contributed by atoms with Gasteiger partial charge in [0.15, 0.2) is 0 Å². The lowest BCUT2D eigenvalue weighted by Crippen LogP contribution is -2.41. The van der Waals surface area contributed by atoms with E-state index in [1.165, 1.54) is 32.2 Å². The quantitative estimate of drug-likeness (QED) is 0.594. The summed E-state index contributed by atoms with van der Waals surface area (Å²) in [6, 6.07) is 1.30. The molecular weight excluding hydrogens is 184 g/mol. The Kier molecular flexibility index (Phi) is 9.12. The van der Waals surface area contributed by atoms with Gasteiger partial charge in [-0.05, 0) is 40.3 Å². The Balaban J connectivity index is 3.54. The summed E-state index contributed by atoms with van der Waals surface area (Å²) in [5.41, 5.74) is 0. The van der Waals surface area contributed by atoms with Crippen LogP contribution in [0.3, 0.4) is 0 Å². The topological polar surface area (TPSA) is 15.3 Å². The molecule has 2 heteroatoms. The Morgan fingerprint density at radius 3 is 2.33 bits per heavy atom. The number of hydrogen-bond donors (Lipinski definition) is 1. The van der Waals surface area contributed by atoms with Crippen LogP contribution in [0.15, 0.2) is 0 Å². The van der Waals surface area contributed by atoms with E-state index in [4.69, 9.17) is 0 Å². The lowest BCUT2D eigenvalue weighted by molar-refractivity contribution is 0.241. The van der Waals surface area contributed by atoms with Gasteiger partial charge in [-0.1, -0.05) is 26.7 Å². The van der Waals surface area contributed by atoms with E-state index < -0.39 is 0 Å². The van der Waals surface area contributed by atoms with Crippen LogP contribution >= 0.6 is 0 Å². The third-order valence-corrected chi connectivity index (χ3v) is 3.24. The maximum atomic E-state index is 3.56. The molecule has 0 aromatic carbocycles. The van der Waals surface area contributed by atoms with E-state index >= 15 is 0 Å². The fourth-order valence-electron chi connectivity index (χ4n) is 1.50. The predicted molar refractivity (Wildman–Crippen MR) is 69.4 cm³/mol. The second-order valence-corrected chi connectivity index (χ2v) is 4.75. The van der Waals surface area contributed by atoms with Crippen molar-refractivity contribution in [2.45, 2.75) is 65.5 Å². The normalized spacial score (nSPS) is 15.6. The van der Waals surface area contributed by atoms with Gasteiger partial charge in [0.2, 0.25) is 0 Å². The summed E-state index contributed by atoms with van der Waals surface area (Å²) in [6.45, 7) is 11.4. The fraction of sp³-hybridized carbons (Fsp3) is 1.00. The first kappa shape index (κ1) is 14.9. The molecule has 92 valence electrons. The molecule has 0 aliphatic rings. The highest BCUT2D eigenvalue weighted by Crippen LogP contribution is 2.01. The predicted octanol–water partition coefficient (Wildman–Crippen LogP) is 2.89. The van der Waals surface area contributed by atoms with Gasteiger partial charge in [-0.25, -0.2) is 0 Å². The molecule has 2 nitrogen and oxygen atoms in total. The van der Waals surface area contributed by atoms with E-state index in [1.807, 2.05) is 0 Å². The second kappa shape index (κ2) is 9.17. The average Bonchev–Trinajstić information content (AvgIpc) is 2.25. The van der Waals surface area contributed by atoms with Crippen LogP contribution in [0.4, 0.5) is 0 Å². The lowest BCUT2D eigenvalue weighted by Gasteiger charge is -2.26. The molecule has 0 saturated heterocycles. The maximum absolute atomic E-state index is 3.56. The van der Waals surface area contributed by atoms with Crippen molar-refractivity contribution in [1.82, 2.24) is 10.2 Å². The molecule has 2 atom stereocenters. The van der Waals surface area contributed by atoms with Crippen molar-refractivity contribution >= 4 is 0 Å². The van der Waals surface area contributed by atoms with Crippen molar-refractivity contribution < 1.29 is 0 Å². The molecule has 15 heavy (non-hydrogen) atoms. The minimum absolute atomic E-state index is 0.649. The summed E-state index contributed by atoms with van der Waals surface area (Å²) in [6.07, 6.45) is 5.22. The van der Waals surface area contributed by atoms with Gasteiger partial charge in [-0.2, -0.15) is 0 Å². The SMILES string of the molecule is CCCCCN(C)C(C)CNC(C)CC. The Bertz CT molecular complexity index is 136. The summed E-state index contributed by atoms with van der Waals surface area (Å²) in [5.74, 6) is 0. The number of nitrogens with zero attached hydrogens (tertiary/aromatic N) is 1. The zero-order valence-electron chi connectivity index (χ0n) is 11.3. The van der Waals surface area contributed by atoms with Crippen molar-refractivity contribution in [3.63, 3.8) is 0 Å². The number of rotatable bonds is 9. The van der Waals surface area contributed by atoms with E-state index in [2.05, 4.69) is 45.0 Å². The highest BCUT2D eigenvalue weighted by molar-refractivity contribution is 4.68. The first-order valence-corrected chi connectivity index (χ1v) is 6.55. The summed E-state index contributed by atoms with van der Waals surface area (Å²) >= 11 is 0. The van der Waals surface area contributed by atoms with Crippen molar-refractivity contribution in [3.8, 4) is 0 Å². The third kappa shape index (κ3) is 7.80. The molecule has 0 aliphatic carbocycles. The Hall–Kier alpha value is -0.0800. The zero-order chi connectivity index (χ0) is 11.7. The lowest BCUT2D eigenvalue weighted by atomic mass is 10.2. The molecule has 0 bridgehead atoms. The monoisotopic (exact) mass is 214 g/mol. The van der Waals surface area contributed by atoms with Crippen LogP contribution in [0.2, 0.25) is 0 Å². The molecule has 2 unspecified atom stereocenters. The van der Waals surface area contributed by atoms with Crippen molar-refractivity contribution in [2.24, 2.45) is 0 Å². The second-order valence-electron chi connectivity index (χ2n) is 4.75. The summed E-state index contributed by atoms with van der Waals surface area (Å²) in [7, 11) is 2.23. The minimum Gasteiger partial charge on any atom is -0.313 e. The molecule has 0 rings (SSSR count). The smallest absolute Gasteiger partial charge is 0.0189 e. The van der Waals surface area contributed by atoms with Crippen LogP contribution in [0, 0.1) is 0 Å². The fourth-order valence-corrected chi connectivity index (χ4v) is 1.50. The third-order valence-electron chi connectivity index (χ3n) is 3.24. The summed E-state index contributed by atoms with van der Waals surface area (Å²) < 4.78 is 0. The molecule has 0 spiro atoms. The molecule has 0 aromatic rings. The standard InChI is InChI=1S/C13H30N2/c1-6-8-9-10-15(5)13(4)11-14-12(3)7-2/h12-14H,6-11H2,1-5H3. The summed E-state index contributed by atoms with van der Waals surface area (Å²) in [4.78, 5) is 2.46. The van der Waals surface area contributed by atoms with E-state index in [0.29, 0.717) is 12.1 Å². The molecule has 0 amide bonds. The Morgan fingerprint density at radius 2 is 1.80 bits per heavy atom. The summed E-state index contributed by atoms with van der Waals surface area (Å²) in [5, 5.41) is 3.56. The van der Waals surface area contributed by atoms with Crippen molar-refractivity contribution in [1.29, 1.82) is 0 Å². The van der Waals surface area contributed by atoms with Gasteiger partial charge in [0.1, 0.15) is 0 Å². The van der Waals surface area contributed by atoms with E-state index in [9.17, 15) is 0 Å². The maximum Gasteiger partial charge on any atom is 0.0189 e. The first-order valence-electron chi connectivity index (χ1n) is 6.55. The largest absolute Gasteiger partial charge is 0.313 e. The number of hydrogen-bond acceptors (Lipinski definition) is 2. The number of unbranched alkanes of at least 4 members (excludes halogenated alkanes) is 2. The van der Waals surface area contributed by atoms with Gasteiger partial charge in [-0.3, -0.25) is 0 Å². The van der Waals surface area contributed by atoms with Crippen LogP contribution in [0.5, 0.6) is 0 Å². The van der Waals surface area contributed by atoms with Crippen LogP contribution in [0.1, 0.15) is 53.4 Å². The van der Waals surface area contributed by atoms with Gasteiger partial charge < -0.3 is 10.2 Å². The highest BCUT2D eigenvalue weighted by atomic mass is 15.1. The number of likely N-dealkylation sites (N-methyl/N-ethyl adjacent to an activating group) is 1. The molecule has 0 fully saturated rings. The minimum atomic E-state index is 0.649. The van der Waals surface area contributed by atoms with Crippen LogP contribution < -0.4 is 5.32 Å². The molecule has 0 heterocycles. The van der Waals surface area contributed by atoms with E-state index in [0.717, 1.165) is 6.54 Å². The van der Waals surface area contributed by atoms with Gasteiger partial charge >= 0.3 is 0 Å². The Labute approximate surface area is 96.4 Å². The van der Waals surface area contributed by atoms with Gasteiger partial charge in [0, 0.05) is 18.6 Å². The van der Waals surface area contributed by atoms with Gasteiger partial charge in [0.25, 0.3) is 0 Å². The Morgan fingerprint density at radius 1 is 1.13 bits per heavy atom. The van der Waals surface area contributed by atoms with Gasteiger partial charge in [-0.15, -0.1) is 0 Å². The molecule has 0 aliphatic heterocycles. The van der Waals surface area contributed by atoms with E-state index in [-0.39, 0.29) is 0 Å². The molecule has 0 saturated carbocycles. The molecule has 0 radical (unpaired) electrons. The average molecular weight is 214 g/mol. The zero-order valence-corrected chi connectivity index (χ0v) is 11.3. The van der Waals surface area contributed by atoms with E-state index in [1.54, 1.807) is 0 Å². The van der Waals surface area contributed by atoms with Crippen LogP contribution in [-0.4, -0.2) is 37.1 Å². The molecule has 1 N–H and O–H groups in total. The van der Waals surface area contributed by atoms with Crippen LogP contribution in [-0.2, 0) is 0 Å². The molecule has 0 aromatic heterocycles. The van der Waals surface area contributed by atoms with Gasteiger partial charge in [0.05, 0.1) is 0 Å². The van der Waals surface area contributed by atoms with Crippen LogP contribution in [0.25, 0.3) is 0 Å². The highest BCUT2D eigenvalue weighted by Gasteiger charge is 2.09. The molecular formula is C13H30N2. The first-order chi connectivity index (χ1) is 7.11. The van der Waals surface area contributed by atoms with Crippen molar-refractivity contribution in [3.05, 3.63) is 0 Å². The number of nitrogens with one attached hydrogen (secondary N) is 1. The van der Waals surface area contributed by atoms with Crippen molar-refractivity contribution in [2.75, 3.05) is 20.1 Å².